The highest BCUT2D eigenvalue weighted by atomic mass is 16.5. The molecule has 1 heterocycles. The van der Waals surface area contributed by atoms with Crippen molar-refractivity contribution in [2.75, 3.05) is 12.4 Å². The smallest absolute Gasteiger partial charge is 0.259 e. The molecule has 4 aromatic rings. The van der Waals surface area contributed by atoms with E-state index in [4.69, 9.17) is 9.26 Å². The molecule has 0 aliphatic rings. The first-order valence-corrected chi connectivity index (χ1v) is 9.09. The summed E-state index contributed by atoms with van der Waals surface area (Å²) in [5.41, 5.74) is 3.58. The average molecular weight is 385 g/mol. The Morgan fingerprint density at radius 2 is 1.83 bits per heavy atom. The van der Waals surface area contributed by atoms with Gasteiger partial charge in [-0.15, -0.1) is 0 Å². The number of aromatic nitrogens is 2. The zero-order chi connectivity index (χ0) is 20.2. The topological polar surface area (TPSA) is 77.2 Å². The summed E-state index contributed by atoms with van der Waals surface area (Å²) in [6.07, 6.45) is 0. The minimum atomic E-state index is -0.243. The molecule has 0 saturated carbocycles. The van der Waals surface area contributed by atoms with E-state index in [0.717, 1.165) is 16.8 Å². The van der Waals surface area contributed by atoms with Crippen LogP contribution in [0.25, 0.3) is 22.8 Å². The van der Waals surface area contributed by atoms with E-state index in [1.807, 2.05) is 61.5 Å². The molecule has 6 nitrogen and oxygen atoms in total. The van der Waals surface area contributed by atoms with Crippen molar-refractivity contribution in [1.29, 1.82) is 0 Å². The molecule has 1 amide bonds. The molecule has 0 saturated heterocycles. The van der Waals surface area contributed by atoms with E-state index in [1.54, 1.807) is 25.3 Å². The summed E-state index contributed by atoms with van der Waals surface area (Å²) < 4.78 is 10.7. The van der Waals surface area contributed by atoms with Crippen LogP contribution >= 0.6 is 0 Å². The molecule has 0 spiro atoms. The van der Waals surface area contributed by atoms with E-state index in [0.29, 0.717) is 22.7 Å². The average Bonchev–Trinajstić information content (AvgIpc) is 3.24. The Balaban J connectivity index is 1.65. The predicted octanol–water partition coefficient (Wildman–Crippen LogP) is 4.97. The quantitative estimate of drug-likeness (QED) is 0.525. The summed E-state index contributed by atoms with van der Waals surface area (Å²) in [4.78, 5) is 17.3. The number of nitrogens with one attached hydrogen (secondary N) is 1. The summed E-state index contributed by atoms with van der Waals surface area (Å²) in [6, 6.07) is 22.2. The van der Waals surface area contributed by atoms with Crippen LogP contribution in [0.15, 0.2) is 77.3 Å². The zero-order valence-electron chi connectivity index (χ0n) is 16.0. The van der Waals surface area contributed by atoms with Crippen LogP contribution in [0.1, 0.15) is 15.9 Å². The third-order valence-corrected chi connectivity index (χ3v) is 4.43. The van der Waals surface area contributed by atoms with Gasteiger partial charge in [0, 0.05) is 11.3 Å². The Bertz CT molecular complexity index is 1170. The molecule has 144 valence electrons. The second kappa shape index (κ2) is 7.98. The number of anilines is 1. The minimum absolute atomic E-state index is 0.243. The first-order valence-electron chi connectivity index (χ1n) is 9.09. The molecule has 0 bridgehead atoms. The van der Waals surface area contributed by atoms with E-state index in [1.165, 1.54) is 0 Å². The Hall–Kier alpha value is -3.93. The van der Waals surface area contributed by atoms with Crippen molar-refractivity contribution < 1.29 is 14.1 Å². The fourth-order valence-electron chi connectivity index (χ4n) is 3.00. The van der Waals surface area contributed by atoms with E-state index in [-0.39, 0.29) is 11.8 Å². The summed E-state index contributed by atoms with van der Waals surface area (Å²) in [5, 5.41) is 6.98. The Labute approximate surface area is 168 Å². The third-order valence-electron chi connectivity index (χ3n) is 4.43. The highest BCUT2D eigenvalue weighted by Gasteiger charge is 2.18. The second-order valence-corrected chi connectivity index (χ2v) is 6.52. The van der Waals surface area contributed by atoms with Crippen LogP contribution in [0.3, 0.4) is 0 Å². The maximum absolute atomic E-state index is 12.9. The lowest BCUT2D eigenvalue weighted by Gasteiger charge is -2.08. The number of amides is 1. The monoisotopic (exact) mass is 385 g/mol. The number of benzene rings is 3. The Kier molecular flexibility index (Phi) is 5.07. The molecule has 0 aliphatic heterocycles. The number of aryl methyl sites for hydroxylation is 1. The van der Waals surface area contributed by atoms with Gasteiger partial charge >= 0.3 is 0 Å². The predicted molar refractivity (Wildman–Crippen MR) is 111 cm³/mol. The molecule has 0 radical (unpaired) electrons. The summed E-state index contributed by atoms with van der Waals surface area (Å²) >= 11 is 0. The van der Waals surface area contributed by atoms with Crippen LogP contribution in [0.4, 0.5) is 5.69 Å². The fourth-order valence-corrected chi connectivity index (χ4v) is 3.00. The Morgan fingerprint density at radius 1 is 1.00 bits per heavy atom. The van der Waals surface area contributed by atoms with Crippen molar-refractivity contribution in [3.05, 3.63) is 83.9 Å². The molecular formula is C23H19N3O3. The maximum atomic E-state index is 12.9. The van der Waals surface area contributed by atoms with Gasteiger partial charge in [0.15, 0.2) is 0 Å². The fraction of sp³-hybridized carbons (Fsp3) is 0.0870. The van der Waals surface area contributed by atoms with Crippen LogP contribution in [-0.2, 0) is 0 Å². The highest BCUT2D eigenvalue weighted by Crippen LogP contribution is 2.27. The van der Waals surface area contributed by atoms with E-state index in [9.17, 15) is 4.79 Å². The molecule has 6 heteroatoms. The van der Waals surface area contributed by atoms with Gasteiger partial charge in [0.1, 0.15) is 5.75 Å². The number of rotatable bonds is 5. The van der Waals surface area contributed by atoms with Crippen molar-refractivity contribution in [3.8, 4) is 28.6 Å². The van der Waals surface area contributed by atoms with Crippen molar-refractivity contribution in [2.24, 2.45) is 0 Å². The lowest BCUT2D eigenvalue weighted by molar-refractivity contribution is 0.102. The van der Waals surface area contributed by atoms with Gasteiger partial charge in [-0.3, -0.25) is 4.79 Å². The molecule has 29 heavy (non-hydrogen) atoms. The van der Waals surface area contributed by atoms with Gasteiger partial charge < -0.3 is 14.6 Å². The molecule has 0 unspecified atom stereocenters. The molecule has 1 aromatic heterocycles. The van der Waals surface area contributed by atoms with Crippen molar-refractivity contribution in [1.82, 2.24) is 10.1 Å². The summed E-state index contributed by atoms with van der Waals surface area (Å²) in [5.74, 6) is 1.16. The van der Waals surface area contributed by atoms with E-state index < -0.39 is 0 Å². The minimum Gasteiger partial charge on any atom is -0.497 e. The summed E-state index contributed by atoms with van der Waals surface area (Å²) in [6.45, 7) is 1.97. The highest BCUT2D eigenvalue weighted by molar-refractivity contribution is 6.08. The van der Waals surface area contributed by atoms with Gasteiger partial charge in [-0.2, -0.15) is 4.98 Å². The first kappa shape index (κ1) is 18.4. The second-order valence-electron chi connectivity index (χ2n) is 6.52. The van der Waals surface area contributed by atoms with Gasteiger partial charge in [-0.25, -0.2) is 0 Å². The van der Waals surface area contributed by atoms with Crippen molar-refractivity contribution in [3.63, 3.8) is 0 Å². The van der Waals surface area contributed by atoms with E-state index in [2.05, 4.69) is 15.5 Å². The van der Waals surface area contributed by atoms with Crippen molar-refractivity contribution in [2.45, 2.75) is 6.92 Å². The maximum Gasteiger partial charge on any atom is 0.259 e. The number of hydrogen-bond donors (Lipinski definition) is 1. The van der Waals surface area contributed by atoms with Crippen LogP contribution < -0.4 is 10.1 Å². The van der Waals surface area contributed by atoms with Crippen molar-refractivity contribution >= 4 is 11.6 Å². The van der Waals surface area contributed by atoms with Gasteiger partial charge in [0.2, 0.25) is 5.82 Å². The van der Waals surface area contributed by atoms with E-state index >= 15 is 0 Å². The van der Waals surface area contributed by atoms with Crippen LogP contribution in [0, 0.1) is 6.92 Å². The number of nitrogens with zero attached hydrogens (tertiary/aromatic N) is 2. The number of carbonyl (C=O) groups is 1. The van der Waals surface area contributed by atoms with Gasteiger partial charge in [-0.05, 0) is 48.9 Å². The van der Waals surface area contributed by atoms with Gasteiger partial charge in [0.25, 0.3) is 11.8 Å². The normalized spacial score (nSPS) is 10.6. The molecule has 1 N–H and O–H groups in total. The first-order chi connectivity index (χ1) is 14.1. The standard InChI is InChI=1S/C23H19N3O3/c1-15-7-5-9-17(13-15)24-22(27)19-11-3-4-12-20(19)23-25-21(26-29-23)16-8-6-10-18(14-16)28-2/h3-14H,1-2H3,(H,24,27). The Morgan fingerprint density at radius 3 is 2.66 bits per heavy atom. The van der Waals surface area contributed by atoms with Gasteiger partial charge in [-0.1, -0.05) is 41.6 Å². The third kappa shape index (κ3) is 4.01. The zero-order valence-corrected chi connectivity index (χ0v) is 16.0. The SMILES string of the molecule is COc1cccc(-c2noc(-c3ccccc3C(=O)Nc3cccc(C)c3)n2)c1. The molecule has 0 fully saturated rings. The van der Waals surface area contributed by atoms with Crippen LogP contribution in [-0.4, -0.2) is 23.2 Å². The molecule has 3 aromatic carbocycles. The molecule has 0 atom stereocenters. The summed E-state index contributed by atoms with van der Waals surface area (Å²) in [7, 11) is 1.60. The van der Waals surface area contributed by atoms with Crippen LogP contribution in [0.2, 0.25) is 0 Å². The lowest BCUT2D eigenvalue weighted by Crippen LogP contribution is -2.13. The number of methoxy groups -OCH3 is 1. The number of carbonyl (C=O) groups excluding carboxylic acids is 1. The largest absolute Gasteiger partial charge is 0.497 e. The lowest BCUT2D eigenvalue weighted by atomic mass is 10.1. The van der Waals surface area contributed by atoms with Crippen LogP contribution in [0.5, 0.6) is 5.75 Å². The number of ether oxygens (including phenoxy) is 1. The molecule has 4 rings (SSSR count). The van der Waals surface area contributed by atoms with Gasteiger partial charge in [0.05, 0.1) is 18.2 Å². The number of hydrogen-bond acceptors (Lipinski definition) is 5. The molecule has 0 aliphatic carbocycles. The molecular weight excluding hydrogens is 366 g/mol.